The Morgan fingerprint density at radius 3 is 2.61 bits per heavy atom. The lowest BCUT2D eigenvalue weighted by Gasteiger charge is -2.07. The summed E-state index contributed by atoms with van der Waals surface area (Å²) in [5, 5.41) is 8.42. The SMILES string of the molecule is COc1ccc(C=COCCC(=O)O)cc1OC. The lowest BCUT2D eigenvalue weighted by Crippen LogP contribution is -1.99. The zero-order valence-electron chi connectivity index (χ0n) is 10.4. The van der Waals surface area contributed by atoms with Gasteiger partial charge in [0.1, 0.15) is 0 Å². The zero-order valence-corrected chi connectivity index (χ0v) is 10.4. The van der Waals surface area contributed by atoms with Crippen LogP contribution in [-0.2, 0) is 9.53 Å². The van der Waals surface area contributed by atoms with Gasteiger partial charge in [0, 0.05) is 0 Å². The van der Waals surface area contributed by atoms with Crippen molar-refractivity contribution in [1.29, 1.82) is 0 Å². The van der Waals surface area contributed by atoms with E-state index in [-0.39, 0.29) is 13.0 Å². The minimum Gasteiger partial charge on any atom is -0.501 e. The molecule has 1 aromatic carbocycles. The molecule has 0 unspecified atom stereocenters. The van der Waals surface area contributed by atoms with E-state index >= 15 is 0 Å². The Labute approximate surface area is 106 Å². The fourth-order valence-electron chi connectivity index (χ4n) is 1.30. The van der Waals surface area contributed by atoms with Crippen molar-refractivity contribution in [3.8, 4) is 11.5 Å². The molecule has 0 atom stereocenters. The highest BCUT2D eigenvalue weighted by atomic mass is 16.5. The maximum absolute atomic E-state index is 10.3. The van der Waals surface area contributed by atoms with Crippen molar-refractivity contribution >= 4 is 12.0 Å². The molecule has 5 heteroatoms. The quantitative estimate of drug-likeness (QED) is 0.595. The third-order valence-electron chi connectivity index (χ3n) is 2.20. The molecule has 0 aliphatic rings. The third kappa shape index (κ3) is 4.37. The summed E-state index contributed by atoms with van der Waals surface area (Å²) in [6.45, 7) is 0.152. The molecular formula is C13H16O5. The van der Waals surface area contributed by atoms with Crippen molar-refractivity contribution in [2.45, 2.75) is 6.42 Å². The zero-order chi connectivity index (χ0) is 13.4. The molecule has 0 amide bonds. The molecule has 1 aromatic rings. The van der Waals surface area contributed by atoms with Gasteiger partial charge in [0.2, 0.25) is 0 Å². The van der Waals surface area contributed by atoms with Crippen LogP contribution in [0.1, 0.15) is 12.0 Å². The minimum absolute atomic E-state index is 0.0176. The highest BCUT2D eigenvalue weighted by molar-refractivity contribution is 5.66. The van der Waals surface area contributed by atoms with Crippen LogP contribution in [0.2, 0.25) is 0 Å². The number of aliphatic carboxylic acids is 1. The number of carbonyl (C=O) groups is 1. The van der Waals surface area contributed by atoms with E-state index in [1.165, 1.54) is 6.26 Å². The number of benzene rings is 1. The van der Waals surface area contributed by atoms with Crippen molar-refractivity contribution in [1.82, 2.24) is 0 Å². The van der Waals surface area contributed by atoms with Crippen LogP contribution in [0, 0.1) is 0 Å². The maximum Gasteiger partial charge on any atom is 0.306 e. The van der Waals surface area contributed by atoms with Crippen molar-refractivity contribution in [3.05, 3.63) is 30.0 Å². The number of hydrogen-bond acceptors (Lipinski definition) is 4. The Hall–Kier alpha value is -2.17. The van der Waals surface area contributed by atoms with Crippen LogP contribution in [0.25, 0.3) is 6.08 Å². The molecule has 0 aliphatic heterocycles. The molecule has 0 fully saturated rings. The summed E-state index contributed by atoms with van der Waals surface area (Å²) in [4.78, 5) is 10.3. The Morgan fingerprint density at radius 2 is 2.00 bits per heavy atom. The highest BCUT2D eigenvalue weighted by Gasteiger charge is 2.02. The van der Waals surface area contributed by atoms with Gasteiger partial charge in [-0.05, 0) is 23.8 Å². The van der Waals surface area contributed by atoms with Crippen molar-refractivity contribution in [3.63, 3.8) is 0 Å². The number of carboxylic acids is 1. The lowest BCUT2D eigenvalue weighted by atomic mass is 10.2. The first-order valence-electron chi connectivity index (χ1n) is 5.39. The first-order chi connectivity index (χ1) is 8.67. The molecule has 1 N–H and O–H groups in total. The average molecular weight is 252 g/mol. The molecule has 1 rings (SSSR count). The lowest BCUT2D eigenvalue weighted by molar-refractivity contribution is -0.137. The van der Waals surface area contributed by atoms with Gasteiger partial charge in [-0.15, -0.1) is 0 Å². The first kappa shape index (κ1) is 13.9. The molecule has 18 heavy (non-hydrogen) atoms. The summed E-state index contributed by atoms with van der Waals surface area (Å²) in [6, 6.07) is 5.43. The topological polar surface area (TPSA) is 65.0 Å². The molecule has 0 bridgehead atoms. The molecule has 5 nitrogen and oxygen atoms in total. The Kier molecular flexibility index (Phi) is 5.57. The second-order valence-electron chi connectivity index (χ2n) is 3.43. The Balaban J connectivity index is 2.56. The van der Waals surface area contributed by atoms with Crippen LogP contribution in [0.3, 0.4) is 0 Å². The van der Waals surface area contributed by atoms with Crippen LogP contribution < -0.4 is 9.47 Å². The summed E-state index contributed by atoms with van der Waals surface area (Å²) in [6.07, 6.45) is 3.17. The number of carboxylic acid groups (broad SMARTS) is 1. The summed E-state index contributed by atoms with van der Waals surface area (Å²) >= 11 is 0. The van der Waals surface area contributed by atoms with Crippen LogP contribution in [0.5, 0.6) is 11.5 Å². The van der Waals surface area contributed by atoms with Crippen LogP contribution in [-0.4, -0.2) is 31.9 Å². The summed E-state index contributed by atoms with van der Waals surface area (Å²) < 4.78 is 15.3. The van der Waals surface area contributed by atoms with Gasteiger partial charge in [0.25, 0.3) is 0 Å². The summed E-state index contributed by atoms with van der Waals surface area (Å²) in [7, 11) is 3.14. The van der Waals surface area contributed by atoms with Crippen molar-refractivity contribution in [2.24, 2.45) is 0 Å². The van der Waals surface area contributed by atoms with Crippen molar-refractivity contribution < 1.29 is 24.1 Å². The van der Waals surface area contributed by atoms with Gasteiger partial charge in [0.05, 0.1) is 33.5 Å². The Morgan fingerprint density at radius 1 is 1.28 bits per heavy atom. The molecule has 98 valence electrons. The number of rotatable bonds is 7. The second kappa shape index (κ2) is 7.21. The normalized spacial score (nSPS) is 10.3. The Bertz CT molecular complexity index is 425. The maximum atomic E-state index is 10.3. The number of methoxy groups -OCH3 is 2. The minimum atomic E-state index is -0.880. The van der Waals surface area contributed by atoms with E-state index in [1.807, 2.05) is 6.07 Å². The molecule has 0 saturated carbocycles. The monoisotopic (exact) mass is 252 g/mol. The molecule has 0 radical (unpaired) electrons. The van der Waals surface area contributed by atoms with E-state index in [0.717, 1.165) is 5.56 Å². The van der Waals surface area contributed by atoms with Crippen LogP contribution in [0.4, 0.5) is 0 Å². The van der Waals surface area contributed by atoms with Gasteiger partial charge in [-0.25, -0.2) is 0 Å². The summed E-state index contributed by atoms with van der Waals surface area (Å²) in [5.41, 5.74) is 0.878. The van der Waals surface area contributed by atoms with E-state index in [1.54, 1.807) is 32.4 Å². The molecule has 0 aromatic heterocycles. The predicted molar refractivity (Wildman–Crippen MR) is 66.8 cm³/mol. The van der Waals surface area contributed by atoms with Gasteiger partial charge < -0.3 is 19.3 Å². The third-order valence-corrected chi connectivity index (χ3v) is 2.20. The standard InChI is InChI=1S/C13H16O5/c1-16-11-4-3-10(9-12(11)17-2)5-7-18-8-6-13(14)15/h3-5,7,9H,6,8H2,1-2H3,(H,14,15). The van der Waals surface area contributed by atoms with E-state index in [9.17, 15) is 4.79 Å². The molecule has 0 heterocycles. The predicted octanol–water partition coefficient (Wildman–Crippen LogP) is 2.17. The van der Waals surface area contributed by atoms with E-state index in [2.05, 4.69) is 0 Å². The molecule has 0 aliphatic carbocycles. The second-order valence-corrected chi connectivity index (χ2v) is 3.43. The fraction of sp³-hybridized carbons (Fsp3) is 0.308. The average Bonchev–Trinajstić information content (AvgIpc) is 2.37. The fourth-order valence-corrected chi connectivity index (χ4v) is 1.30. The number of hydrogen-bond donors (Lipinski definition) is 1. The highest BCUT2D eigenvalue weighted by Crippen LogP contribution is 2.27. The molecule has 0 spiro atoms. The molecular weight excluding hydrogens is 236 g/mol. The smallest absolute Gasteiger partial charge is 0.306 e. The van der Waals surface area contributed by atoms with Gasteiger partial charge in [-0.3, -0.25) is 4.79 Å². The van der Waals surface area contributed by atoms with Gasteiger partial charge in [0.15, 0.2) is 11.5 Å². The largest absolute Gasteiger partial charge is 0.501 e. The van der Waals surface area contributed by atoms with E-state index < -0.39 is 5.97 Å². The van der Waals surface area contributed by atoms with Crippen LogP contribution >= 0.6 is 0 Å². The molecule has 0 saturated heterocycles. The van der Waals surface area contributed by atoms with Gasteiger partial charge in [-0.2, -0.15) is 0 Å². The van der Waals surface area contributed by atoms with E-state index in [4.69, 9.17) is 19.3 Å². The van der Waals surface area contributed by atoms with Gasteiger partial charge >= 0.3 is 5.97 Å². The first-order valence-corrected chi connectivity index (χ1v) is 5.39. The van der Waals surface area contributed by atoms with E-state index in [0.29, 0.717) is 11.5 Å². The van der Waals surface area contributed by atoms with Gasteiger partial charge in [-0.1, -0.05) is 6.07 Å². The van der Waals surface area contributed by atoms with Crippen LogP contribution in [0.15, 0.2) is 24.5 Å². The van der Waals surface area contributed by atoms with Crippen molar-refractivity contribution in [2.75, 3.05) is 20.8 Å². The number of ether oxygens (including phenoxy) is 3. The summed E-state index contributed by atoms with van der Waals surface area (Å²) in [5.74, 6) is 0.404.